The molecule has 0 unspecified atom stereocenters. The number of nitrogens with one attached hydrogen (secondary N) is 2. The quantitative estimate of drug-likeness (QED) is 0.0893. The van der Waals surface area contributed by atoms with E-state index >= 15 is 0 Å². The van der Waals surface area contributed by atoms with Gasteiger partial charge in [0.1, 0.15) is 16.8 Å². The van der Waals surface area contributed by atoms with Crippen molar-refractivity contribution in [1.82, 2.24) is 35.1 Å². The molecule has 1 rings (SSSR count). The third-order valence-corrected chi connectivity index (χ3v) is 8.82. The molecule has 0 bridgehead atoms. The van der Waals surface area contributed by atoms with Crippen molar-refractivity contribution in [2.75, 3.05) is 105 Å². The molecule has 0 radical (unpaired) electrons. The Morgan fingerprint density at radius 3 is 1.08 bits per heavy atom. The van der Waals surface area contributed by atoms with Gasteiger partial charge >= 0.3 is 42.1 Å². The molecular weight excluding hydrogens is 836 g/mol. The normalized spacial score (nSPS) is 16.4. The van der Waals surface area contributed by atoms with Crippen molar-refractivity contribution in [3.63, 3.8) is 0 Å². The lowest BCUT2D eigenvalue weighted by molar-refractivity contribution is -0.173. The number of esters is 3. The van der Waals surface area contributed by atoms with Crippen molar-refractivity contribution in [3.05, 3.63) is 0 Å². The van der Waals surface area contributed by atoms with E-state index in [-0.39, 0.29) is 26.1 Å². The molecule has 0 aromatic carbocycles. The minimum absolute atomic E-state index is 0.00542. The van der Waals surface area contributed by atoms with Gasteiger partial charge in [0.05, 0.1) is 19.6 Å². The molecule has 2 N–H and O–H groups in total. The number of hydrogen-bond donors (Lipinski definition) is 2. The molecule has 0 atom stereocenters. The van der Waals surface area contributed by atoms with E-state index in [2.05, 4.69) is 4.90 Å². The molecule has 0 aliphatic carbocycles. The molecular formula is C40H69F6N7O9. The molecule has 1 fully saturated rings. The van der Waals surface area contributed by atoms with Crippen molar-refractivity contribution in [2.24, 2.45) is 0 Å². The second kappa shape index (κ2) is 25.5. The number of hydrogen-bond acceptors (Lipinski definition) is 13. The number of ether oxygens (including phenoxy) is 3. The van der Waals surface area contributed by atoms with Crippen molar-refractivity contribution < 1.29 is 69.3 Å². The van der Waals surface area contributed by atoms with Crippen LogP contribution >= 0.6 is 0 Å². The third kappa shape index (κ3) is 27.3. The average Bonchev–Trinajstić information content (AvgIpc) is 3.07. The van der Waals surface area contributed by atoms with E-state index in [9.17, 15) is 55.1 Å². The highest BCUT2D eigenvalue weighted by Crippen LogP contribution is 2.16. The molecule has 1 saturated heterocycles. The Hall–Kier alpha value is -3.76. The number of amides is 3. The summed E-state index contributed by atoms with van der Waals surface area (Å²) in [6.45, 7) is 17.9. The van der Waals surface area contributed by atoms with Crippen LogP contribution in [-0.4, -0.2) is 194 Å². The van der Waals surface area contributed by atoms with Crippen LogP contribution in [0.4, 0.5) is 26.3 Å². The molecule has 1 aliphatic heterocycles. The van der Waals surface area contributed by atoms with E-state index in [0.29, 0.717) is 78.2 Å². The van der Waals surface area contributed by atoms with Gasteiger partial charge in [0, 0.05) is 85.0 Å². The predicted octanol–water partition coefficient (Wildman–Crippen LogP) is 2.98. The van der Waals surface area contributed by atoms with Crippen LogP contribution in [0.5, 0.6) is 0 Å². The van der Waals surface area contributed by atoms with Crippen LogP contribution in [0.2, 0.25) is 0 Å². The maximum absolute atomic E-state index is 13.1. The first-order valence-corrected chi connectivity index (χ1v) is 20.9. The van der Waals surface area contributed by atoms with Crippen LogP contribution in [0.1, 0.15) is 88.0 Å². The molecule has 16 nitrogen and oxygen atoms in total. The third-order valence-electron chi connectivity index (χ3n) is 8.82. The minimum Gasteiger partial charge on any atom is -0.459 e. The highest BCUT2D eigenvalue weighted by molar-refractivity contribution is 5.82. The lowest BCUT2D eigenvalue weighted by atomic mass is 10.1. The van der Waals surface area contributed by atoms with Crippen LogP contribution in [0.3, 0.4) is 0 Å². The van der Waals surface area contributed by atoms with E-state index < -0.39 is 91.0 Å². The van der Waals surface area contributed by atoms with Crippen LogP contribution < -0.4 is 10.6 Å². The second-order valence-corrected chi connectivity index (χ2v) is 18.1. The van der Waals surface area contributed by atoms with Crippen LogP contribution in [0.25, 0.3) is 0 Å². The van der Waals surface area contributed by atoms with Gasteiger partial charge in [0.2, 0.25) is 5.91 Å². The summed E-state index contributed by atoms with van der Waals surface area (Å²) in [6, 6.07) is 0. The molecule has 0 aromatic rings. The molecule has 1 aliphatic rings. The summed E-state index contributed by atoms with van der Waals surface area (Å²) in [4.78, 5) is 83.4. The molecule has 0 aromatic heterocycles. The molecule has 1 heterocycles. The van der Waals surface area contributed by atoms with Crippen LogP contribution in [0, 0.1) is 0 Å². The summed E-state index contributed by atoms with van der Waals surface area (Å²) in [5.74, 6) is -6.30. The van der Waals surface area contributed by atoms with Crippen molar-refractivity contribution in [2.45, 2.75) is 117 Å². The maximum Gasteiger partial charge on any atom is 0.471 e. The van der Waals surface area contributed by atoms with Crippen molar-refractivity contribution in [3.8, 4) is 0 Å². The van der Waals surface area contributed by atoms with Gasteiger partial charge in [0.25, 0.3) is 0 Å². The van der Waals surface area contributed by atoms with Crippen LogP contribution in [0.15, 0.2) is 0 Å². The fraction of sp³-hybridized carbons (Fsp3) is 0.850. The zero-order chi connectivity index (χ0) is 47.5. The van der Waals surface area contributed by atoms with Crippen molar-refractivity contribution in [1.29, 1.82) is 0 Å². The molecule has 360 valence electrons. The molecule has 0 saturated carbocycles. The Morgan fingerprint density at radius 2 is 0.790 bits per heavy atom. The monoisotopic (exact) mass is 906 g/mol. The summed E-state index contributed by atoms with van der Waals surface area (Å²) in [5, 5.41) is 3.25. The molecule has 62 heavy (non-hydrogen) atoms. The second-order valence-electron chi connectivity index (χ2n) is 18.1. The molecule has 3 amide bonds. The zero-order valence-corrected chi connectivity index (χ0v) is 37.8. The SMILES string of the molecule is CC(C)(C)OC(=O)CN1CCN(CCCCCC(=O)N(CCNC(=O)C(F)(F)F)CCNC(=O)C(F)(F)F)CCN(CC(=O)OC(C)(C)C)CCN(CC(=O)OC(C)(C)C)CC1. The van der Waals surface area contributed by atoms with Gasteiger partial charge in [-0.05, 0) is 81.7 Å². The Balaban J connectivity index is 3.13. The summed E-state index contributed by atoms with van der Waals surface area (Å²) in [6.07, 6.45) is -9.04. The summed E-state index contributed by atoms with van der Waals surface area (Å²) >= 11 is 0. The topological polar surface area (TPSA) is 170 Å². The Bertz CT molecular complexity index is 1370. The van der Waals surface area contributed by atoms with Gasteiger partial charge in [-0.25, -0.2) is 0 Å². The highest BCUT2D eigenvalue weighted by atomic mass is 19.4. The first-order valence-electron chi connectivity index (χ1n) is 20.9. The van der Waals surface area contributed by atoms with Gasteiger partial charge in [-0.1, -0.05) is 6.42 Å². The maximum atomic E-state index is 13.1. The lowest BCUT2D eigenvalue weighted by Crippen LogP contribution is -2.49. The fourth-order valence-electron chi connectivity index (χ4n) is 6.06. The lowest BCUT2D eigenvalue weighted by Gasteiger charge is -2.34. The average molecular weight is 906 g/mol. The number of nitrogens with zero attached hydrogens (tertiary/aromatic N) is 5. The standard InChI is InChI=1S/C40H69F6N7O9/c1-36(2,3)60-31(55)27-50-21-19-49(20-22-51(28-32(56)61-37(4,5)6)24-26-52(25-23-50)29-33(57)62-38(7,8)9)16-12-10-11-13-30(54)53(17-14-47-34(58)39(41,42)43)18-15-48-35(59)40(44,45)46/h10-29H2,1-9H3,(H,47,58)(H,48,59). The van der Waals surface area contributed by atoms with E-state index in [4.69, 9.17) is 14.2 Å². The Morgan fingerprint density at radius 1 is 0.484 bits per heavy atom. The predicted molar refractivity (Wildman–Crippen MR) is 216 cm³/mol. The first-order chi connectivity index (χ1) is 28.3. The van der Waals surface area contributed by atoms with E-state index in [0.717, 1.165) is 4.90 Å². The Labute approximate surface area is 361 Å². The minimum atomic E-state index is -5.17. The van der Waals surface area contributed by atoms with Crippen molar-refractivity contribution >= 4 is 35.6 Å². The number of carbonyl (C=O) groups is 6. The molecule has 0 spiro atoms. The highest BCUT2D eigenvalue weighted by Gasteiger charge is 2.39. The first kappa shape index (κ1) is 56.3. The van der Waals surface area contributed by atoms with Gasteiger partial charge in [0.15, 0.2) is 0 Å². The number of carbonyl (C=O) groups excluding carboxylic acids is 6. The van der Waals surface area contributed by atoms with Gasteiger partial charge < -0.3 is 34.6 Å². The van der Waals surface area contributed by atoms with Gasteiger partial charge in [-0.3, -0.25) is 43.5 Å². The Kier molecular flexibility index (Phi) is 23.1. The number of rotatable bonds is 18. The summed E-state index contributed by atoms with van der Waals surface area (Å²) in [7, 11) is 0. The fourth-order valence-corrected chi connectivity index (χ4v) is 6.06. The summed E-state index contributed by atoms with van der Waals surface area (Å²) < 4.78 is 92.7. The van der Waals surface area contributed by atoms with Crippen LogP contribution in [-0.2, 0) is 43.0 Å². The van der Waals surface area contributed by atoms with E-state index in [1.54, 1.807) is 72.9 Å². The molecule has 22 heteroatoms. The summed E-state index contributed by atoms with van der Waals surface area (Å²) in [5.41, 5.74) is -2.11. The number of unbranched alkanes of at least 4 members (excludes halogenated alkanes) is 2. The van der Waals surface area contributed by atoms with E-state index in [1.807, 2.05) is 14.7 Å². The van der Waals surface area contributed by atoms with Gasteiger partial charge in [-0.15, -0.1) is 0 Å². The van der Waals surface area contributed by atoms with Gasteiger partial charge in [-0.2, -0.15) is 26.3 Å². The van der Waals surface area contributed by atoms with E-state index in [1.165, 1.54) is 0 Å². The largest absolute Gasteiger partial charge is 0.471 e. The zero-order valence-electron chi connectivity index (χ0n) is 37.8. The smallest absolute Gasteiger partial charge is 0.459 e. The number of alkyl halides is 6. The number of halogens is 6.